The molecule has 1 aromatic carbocycles. The standard InChI is InChI=1S/C16H18N2O3S2/c1-10-3-5-12(6-4-10)23-11(2)15(19)17-8-7-14-18-13(9-22-14)16(20)21/h3-6,9,11H,7-8H2,1-2H3,(H,17,19)(H,20,21). The van der Waals surface area contributed by atoms with E-state index >= 15 is 0 Å². The second kappa shape index (κ2) is 8.12. The monoisotopic (exact) mass is 350 g/mol. The Kier molecular flexibility index (Phi) is 6.18. The summed E-state index contributed by atoms with van der Waals surface area (Å²) >= 11 is 2.81. The van der Waals surface area contributed by atoms with E-state index in [9.17, 15) is 9.59 Å². The van der Waals surface area contributed by atoms with Gasteiger partial charge >= 0.3 is 5.97 Å². The minimum Gasteiger partial charge on any atom is -0.476 e. The average Bonchev–Trinajstić information content (AvgIpc) is 2.98. The van der Waals surface area contributed by atoms with Crippen LogP contribution in [0, 0.1) is 6.92 Å². The topological polar surface area (TPSA) is 79.3 Å². The maximum absolute atomic E-state index is 12.1. The third kappa shape index (κ3) is 5.37. The van der Waals surface area contributed by atoms with Gasteiger partial charge in [-0.3, -0.25) is 4.79 Å². The number of aromatic nitrogens is 1. The van der Waals surface area contributed by atoms with Gasteiger partial charge in [0.1, 0.15) is 0 Å². The first-order chi connectivity index (χ1) is 11.0. The first kappa shape index (κ1) is 17.5. The molecular weight excluding hydrogens is 332 g/mol. The molecule has 2 rings (SSSR count). The summed E-state index contributed by atoms with van der Waals surface area (Å²) in [6.45, 7) is 4.34. The smallest absolute Gasteiger partial charge is 0.355 e. The number of hydrogen-bond acceptors (Lipinski definition) is 5. The van der Waals surface area contributed by atoms with Crippen LogP contribution in [-0.4, -0.2) is 33.8 Å². The summed E-state index contributed by atoms with van der Waals surface area (Å²) in [4.78, 5) is 27.9. The van der Waals surface area contributed by atoms with Crippen LogP contribution in [-0.2, 0) is 11.2 Å². The molecule has 23 heavy (non-hydrogen) atoms. The number of carbonyl (C=O) groups excluding carboxylic acids is 1. The van der Waals surface area contributed by atoms with E-state index in [2.05, 4.69) is 10.3 Å². The third-order valence-corrected chi connectivity index (χ3v) is 5.13. The lowest BCUT2D eigenvalue weighted by molar-refractivity contribution is -0.120. The lowest BCUT2D eigenvalue weighted by atomic mass is 10.2. The minimum absolute atomic E-state index is 0.0365. The summed E-state index contributed by atoms with van der Waals surface area (Å²) in [6.07, 6.45) is 0.533. The number of carbonyl (C=O) groups is 2. The lowest BCUT2D eigenvalue weighted by Crippen LogP contribution is -2.32. The molecule has 0 aliphatic carbocycles. The Labute approximate surface area is 143 Å². The van der Waals surface area contributed by atoms with E-state index in [1.807, 2.05) is 38.1 Å². The molecule has 5 nitrogen and oxygen atoms in total. The van der Waals surface area contributed by atoms with E-state index < -0.39 is 5.97 Å². The molecule has 0 bridgehead atoms. The van der Waals surface area contributed by atoms with Crippen LogP contribution in [0.3, 0.4) is 0 Å². The van der Waals surface area contributed by atoms with Gasteiger partial charge in [0.05, 0.1) is 10.3 Å². The van der Waals surface area contributed by atoms with Gasteiger partial charge < -0.3 is 10.4 Å². The number of aryl methyl sites for hydroxylation is 1. The van der Waals surface area contributed by atoms with Crippen LogP contribution < -0.4 is 5.32 Å². The van der Waals surface area contributed by atoms with Crippen molar-refractivity contribution in [2.45, 2.75) is 30.4 Å². The fourth-order valence-corrected chi connectivity index (χ4v) is 3.50. The summed E-state index contributed by atoms with van der Waals surface area (Å²) in [7, 11) is 0. The van der Waals surface area contributed by atoms with Crippen molar-refractivity contribution >= 4 is 35.0 Å². The number of hydrogen-bond donors (Lipinski definition) is 2. The number of nitrogens with zero attached hydrogens (tertiary/aromatic N) is 1. The zero-order valence-corrected chi connectivity index (χ0v) is 14.5. The molecule has 1 atom stereocenters. The summed E-state index contributed by atoms with van der Waals surface area (Å²) < 4.78 is 0. The number of benzene rings is 1. The number of carboxylic acid groups (broad SMARTS) is 1. The molecule has 2 aromatic rings. The first-order valence-corrected chi connectivity index (χ1v) is 8.90. The van der Waals surface area contributed by atoms with Gasteiger partial charge in [-0.05, 0) is 26.0 Å². The summed E-state index contributed by atoms with van der Waals surface area (Å²) in [5, 5.41) is 13.7. The van der Waals surface area contributed by atoms with E-state index in [1.165, 1.54) is 34.0 Å². The highest BCUT2D eigenvalue weighted by Crippen LogP contribution is 2.23. The molecule has 7 heteroatoms. The number of carboxylic acids is 1. The van der Waals surface area contributed by atoms with Gasteiger partial charge in [0.2, 0.25) is 5.91 Å². The average molecular weight is 350 g/mol. The van der Waals surface area contributed by atoms with Crippen molar-refractivity contribution in [1.29, 1.82) is 0 Å². The summed E-state index contributed by atoms with van der Waals surface area (Å²) in [6, 6.07) is 8.06. The molecule has 1 unspecified atom stereocenters. The fraction of sp³-hybridized carbons (Fsp3) is 0.312. The van der Waals surface area contributed by atoms with Gasteiger partial charge in [-0.25, -0.2) is 9.78 Å². The molecule has 0 saturated heterocycles. The van der Waals surface area contributed by atoms with E-state index in [-0.39, 0.29) is 16.9 Å². The Hall–Kier alpha value is -1.86. The maximum atomic E-state index is 12.1. The van der Waals surface area contributed by atoms with Crippen LogP contribution in [0.15, 0.2) is 34.5 Å². The molecule has 1 heterocycles. The molecule has 0 fully saturated rings. The van der Waals surface area contributed by atoms with Crippen LogP contribution in [0.5, 0.6) is 0 Å². The molecular formula is C16H18N2O3S2. The number of aromatic carboxylic acids is 1. The minimum atomic E-state index is -1.03. The number of thiazole rings is 1. The van der Waals surface area contributed by atoms with E-state index in [1.54, 1.807) is 0 Å². The number of rotatable bonds is 7. The van der Waals surface area contributed by atoms with E-state index in [0.29, 0.717) is 18.0 Å². The predicted octanol–water partition coefficient (Wildman–Crippen LogP) is 2.99. The largest absolute Gasteiger partial charge is 0.476 e. The van der Waals surface area contributed by atoms with Crippen molar-refractivity contribution in [2.24, 2.45) is 0 Å². The first-order valence-electron chi connectivity index (χ1n) is 7.14. The molecule has 1 aromatic heterocycles. The lowest BCUT2D eigenvalue weighted by Gasteiger charge is -2.11. The number of nitrogens with one attached hydrogen (secondary N) is 1. The second-order valence-electron chi connectivity index (χ2n) is 5.05. The summed E-state index contributed by atoms with van der Waals surface area (Å²) in [5.41, 5.74) is 1.25. The maximum Gasteiger partial charge on any atom is 0.355 e. The highest BCUT2D eigenvalue weighted by molar-refractivity contribution is 8.00. The molecule has 2 N–H and O–H groups in total. The van der Waals surface area contributed by atoms with Crippen molar-refractivity contribution in [3.05, 3.63) is 45.9 Å². The SMILES string of the molecule is Cc1ccc(SC(C)C(=O)NCCc2nc(C(=O)O)cs2)cc1. The van der Waals surface area contributed by atoms with Crippen molar-refractivity contribution in [2.75, 3.05) is 6.54 Å². The van der Waals surface area contributed by atoms with Crippen molar-refractivity contribution in [1.82, 2.24) is 10.3 Å². The third-order valence-electron chi connectivity index (χ3n) is 3.11. The van der Waals surface area contributed by atoms with Gasteiger partial charge in [0.25, 0.3) is 0 Å². The van der Waals surface area contributed by atoms with Gasteiger partial charge in [0, 0.05) is 23.2 Å². The highest BCUT2D eigenvalue weighted by Gasteiger charge is 2.14. The van der Waals surface area contributed by atoms with Gasteiger partial charge in [-0.2, -0.15) is 0 Å². The second-order valence-corrected chi connectivity index (χ2v) is 7.40. The van der Waals surface area contributed by atoms with Crippen LogP contribution in [0.1, 0.15) is 28.0 Å². The number of thioether (sulfide) groups is 1. The Balaban J connectivity index is 1.77. The van der Waals surface area contributed by atoms with Crippen molar-refractivity contribution in [3.8, 4) is 0 Å². The predicted molar refractivity (Wildman–Crippen MR) is 92.3 cm³/mol. The molecule has 0 spiro atoms. The zero-order valence-electron chi connectivity index (χ0n) is 12.9. The normalized spacial score (nSPS) is 11.9. The molecule has 1 amide bonds. The molecule has 0 radical (unpaired) electrons. The molecule has 0 aliphatic heterocycles. The fourth-order valence-electron chi connectivity index (χ4n) is 1.83. The van der Waals surface area contributed by atoms with Crippen molar-refractivity contribution in [3.63, 3.8) is 0 Å². The van der Waals surface area contributed by atoms with E-state index in [0.717, 1.165) is 4.90 Å². The highest BCUT2D eigenvalue weighted by atomic mass is 32.2. The molecule has 0 aliphatic rings. The van der Waals surface area contributed by atoms with Crippen molar-refractivity contribution < 1.29 is 14.7 Å². The Morgan fingerprint density at radius 3 is 2.65 bits per heavy atom. The van der Waals surface area contributed by atoms with Gasteiger partial charge in [-0.15, -0.1) is 23.1 Å². The summed E-state index contributed by atoms with van der Waals surface area (Å²) in [5.74, 6) is -1.06. The molecule has 122 valence electrons. The van der Waals surface area contributed by atoms with Crippen LogP contribution in [0.25, 0.3) is 0 Å². The van der Waals surface area contributed by atoms with Gasteiger partial charge in [0.15, 0.2) is 5.69 Å². The van der Waals surface area contributed by atoms with Crippen LogP contribution in [0.4, 0.5) is 0 Å². The van der Waals surface area contributed by atoms with Crippen LogP contribution >= 0.6 is 23.1 Å². The zero-order chi connectivity index (χ0) is 16.8. The Morgan fingerprint density at radius 2 is 2.04 bits per heavy atom. The Bertz CT molecular complexity index is 683. The molecule has 0 saturated carbocycles. The Morgan fingerprint density at radius 1 is 1.35 bits per heavy atom. The van der Waals surface area contributed by atoms with Crippen LogP contribution in [0.2, 0.25) is 0 Å². The van der Waals surface area contributed by atoms with E-state index in [4.69, 9.17) is 5.11 Å². The quantitative estimate of drug-likeness (QED) is 0.751. The van der Waals surface area contributed by atoms with Gasteiger partial charge in [-0.1, -0.05) is 17.7 Å². The number of amides is 1.